The second kappa shape index (κ2) is 8.98. The summed E-state index contributed by atoms with van der Waals surface area (Å²) in [6.07, 6.45) is 0.914. The molecule has 0 atom stereocenters. The number of nitrogens with zero attached hydrogens (tertiary/aromatic N) is 1. The molecule has 6 nitrogen and oxygen atoms in total. The molecule has 1 aromatic heterocycles. The molecule has 0 aliphatic rings. The lowest BCUT2D eigenvalue weighted by atomic mass is 10.4. The van der Waals surface area contributed by atoms with E-state index in [1.165, 1.54) is 17.4 Å². The topological polar surface area (TPSA) is 73.6 Å². The molecule has 0 unspecified atom stereocenters. The molecule has 0 aliphatic heterocycles. The van der Waals surface area contributed by atoms with E-state index in [9.17, 15) is 10.1 Å². The highest BCUT2D eigenvalue weighted by Crippen LogP contribution is 2.23. The van der Waals surface area contributed by atoms with Gasteiger partial charge in [-0.25, -0.2) is 0 Å². The molecule has 7 heteroatoms. The number of ether oxygens (including phenoxy) is 2. The van der Waals surface area contributed by atoms with Crippen molar-refractivity contribution in [2.75, 3.05) is 33.5 Å². The van der Waals surface area contributed by atoms with Crippen LogP contribution >= 0.6 is 11.3 Å². The summed E-state index contributed by atoms with van der Waals surface area (Å²) in [7, 11) is 1.64. The van der Waals surface area contributed by atoms with E-state index in [-0.39, 0.29) is 9.92 Å². The minimum Gasteiger partial charge on any atom is -0.382 e. The van der Waals surface area contributed by atoms with Gasteiger partial charge in [0, 0.05) is 31.2 Å². The minimum absolute atomic E-state index is 0.190. The number of rotatable bonds is 10. The predicted molar refractivity (Wildman–Crippen MR) is 70.0 cm³/mol. The zero-order valence-corrected chi connectivity index (χ0v) is 11.2. The number of methoxy groups -OCH3 is 1. The molecule has 0 saturated heterocycles. The van der Waals surface area contributed by atoms with Crippen LogP contribution in [0.2, 0.25) is 0 Å². The average Bonchev–Trinajstić information content (AvgIpc) is 2.81. The fraction of sp³-hybridized carbons (Fsp3) is 0.636. The van der Waals surface area contributed by atoms with E-state index in [4.69, 9.17) is 9.47 Å². The van der Waals surface area contributed by atoms with Gasteiger partial charge in [0.1, 0.15) is 0 Å². The first-order valence-corrected chi connectivity index (χ1v) is 6.56. The third-order valence-electron chi connectivity index (χ3n) is 2.20. The summed E-state index contributed by atoms with van der Waals surface area (Å²) in [5.41, 5.74) is 0. The molecule has 1 aromatic rings. The number of hydrogen-bond donors (Lipinski definition) is 1. The smallest absolute Gasteiger partial charge is 0.324 e. The standard InChI is InChI=1S/C11H18N2O4S/c1-16-7-8-17-6-2-5-12-9-10-3-4-11(18-10)13(14)15/h3-4,12H,2,5-9H2,1H3. The SMILES string of the molecule is COCCOCCCNCc1ccc([N+](=O)[O-])s1. The van der Waals surface area contributed by atoms with Gasteiger partial charge in [-0.1, -0.05) is 11.3 Å². The second-order valence-corrected chi connectivity index (χ2v) is 4.78. The van der Waals surface area contributed by atoms with Gasteiger partial charge in [0.15, 0.2) is 0 Å². The van der Waals surface area contributed by atoms with Crippen LogP contribution in [0.25, 0.3) is 0 Å². The number of nitrogens with one attached hydrogen (secondary N) is 1. The molecular weight excluding hydrogens is 256 g/mol. The Balaban J connectivity index is 2.02. The van der Waals surface area contributed by atoms with Crippen molar-refractivity contribution in [3.8, 4) is 0 Å². The largest absolute Gasteiger partial charge is 0.382 e. The molecule has 1 N–H and O–H groups in total. The first-order valence-electron chi connectivity index (χ1n) is 5.74. The van der Waals surface area contributed by atoms with Gasteiger partial charge in [-0.05, 0) is 19.0 Å². The van der Waals surface area contributed by atoms with Crippen molar-refractivity contribution in [2.45, 2.75) is 13.0 Å². The molecule has 0 spiro atoms. The molecular formula is C11H18N2O4S. The van der Waals surface area contributed by atoms with Crippen LogP contribution in [0.1, 0.15) is 11.3 Å². The summed E-state index contributed by atoms with van der Waals surface area (Å²) in [5.74, 6) is 0. The number of hydrogen-bond acceptors (Lipinski definition) is 6. The van der Waals surface area contributed by atoms with E-state index in [2.05, 4.69) is 5.32 Å². The Morgan fingerprint density at radius 3 is 2.89 bits per heavy atom. The highest BCUT2D eigenvalue weighted by Gasteiger charge is 2.08. The Morgan fingerprint density at radius 2 is 2.22 bits per heavy atom. The van der Waals surface area contributed by atoms with Crippen LogP contribution in [0.4, 0.5) is 5.00 Å². The highest BCUT2D eigenvalue weighted by atomic mass is 32.1. The van der Waals surface area contributed by atoms with Crippen molar-refractivity contribution in [3.63, 3.8) is 0 Å². The van der Waals surface area contributed by atoms with Crippen molar-refractivity contribution < 1.29 is 14.4 Å². The van der Waals surface area contributed by atoms with E-state index in [1.807, 2.05) is 0 Å². The van der Waals surface area contributed by atoms with Gasteiger partial charge in [-0.3, -0.25) is 10.1 Å². The number of nitro groups is 1. The molecule has 1 rings (SSSR count). The Hall–Kier alpha value is -1.02. The summed E-state index contributed by atoms with van der Waals surface area (Å²) in [6.45, 7) is 3.43. The lowest BCUT2D eigenvalue weighted by Gasteiger charge is -2.04. The quantitative estimate of drug-likeness (QED) is 0.400. The van der Waals surface area contributed by atoms with E-state index < -0.39 is 0 Å². The lowest BCUT2D eigenvalue weighted by Crippen LogP contribution is -2.16. The first-order chi connectivity index (χ1) is 8.74. The lowest BCUT2D eigenvalue weighted by molar-refractivity contribution is -0.380. The molecule has 102 valence electrons. The van der Waals surface area contributed by atoms with Crippen LogP contribution in [-0.4, -0.2) is 38.4 Å². The van der Waals surface area contributed by atoms with Crippen molar-refractivity contribution in [2.24, 2.45) is 0 Å². The van der Waals surface area contributed by atoms with Gasteiger partial charge in [-0.15, -0.1) is 0 Å². The zero-order chi connectivity index (χ0) is 13.2. The molecule has 0 aromatic carbocycles. The Kier molecular flexibility index (Phi) is 7.51. The maximum absolute atomic E-state index is 10.5. The Labute approximate surface area is 110 Å². The summed E-state index contributed by atoms with van der Waals surface area (Å²) in [5, 5.41) is 13.9. The summed E-state index contributed by atoms with van der Waals surface area (Å²) < 4.78 is 10.2. The summed E-state index contributed by atoms with van der Waals surface area (Å²) in [6, 6.07) is 3.32. The van der Waals surface area contributed by atoms with Crippen LogP contribution in [0.5, 0.6) is 0 Å². The Morgan fingerprint density at radius 1 is 1.39 bits per heavy atom. The molecule has 0 saturated carbocycles. The van der Waals surface area contributed by atoms with Gasteiger partial charge in [0.05, 0.1) is 18.1 Å². The van der Waals surface area contributed by atoms with E-state index >= 15 is 0 Å². The van der Waals surface area contributed by atoms with Crippen LogP contribution in [0.3, 0.4) is 0 Å². The van der Waals surface area contributed by atoms with Crippen molar-refractivity contribution >= 4 is 16.3 Å². The Bertz CT molecular complexity index is 357. The highest BCUT2D eigenvalue weighted by molar-refractivity contribution is 7.15. The van der Waals surface area contributed by atoms with E-state index in [0.29, 0.717) is 26.4 Å². The van der Waals surface area contributed by atoms with Crippen LogP contribution in [0, 0.1) is 10.1 Å². The molecule has 1 heterocycles. The fourth-order valence-corrected chi connectivity index (χ4v) is 2.10. The van der Waals surface area contributed by atoms with Crippen LogP contribution in [0.15, 0.2) is 12.1 Å². The number of thiophene rings is 1. The maximum Gasteiger partial charge on any atom is 0.324 e. The average molecular weight is 274 g/mol. The third-order valence-corrected chi connectivity index (χ3v) is 3.24. The predicted octanol–water partition coefficient (Wildman–Crippen LogP) is 1.80. The van der Waals surface area contributed by atoms with Gasteiger partial charge in [0.25, 0.3) is 0 Å². The molecule has 0 amide bonds. The van der Waals surface area contributed by atoms with E-state index in [1.54, 1.807) is 13.2 Å². The summed E-state index contributed by atoms with van der Waals surface area (Å²) >= 11 is 1.21. The first kappa shape index (κ1) is 15.0. The normalized spacial score (nSPS) is 10.7. The van der Waals surface area contributed by atoms with Crippen molar-refractivity contribution in [1.29, 1.82) is 0 Å². The van der Waals surface area contributed by atoms with Gasteiger partial charge >= 0.3 is 5.00 Å². The minimum atomic E-state index is -0.363. The summed E-state index contributed by atoms with van der Waals surface area (Å²) in [4.78, 5) is 11.1. The van der Waals surface area contributed by atoms with Crippen LogP contribution in [-0.2, 0) is 16.0 Å². The molecule has 0 bridgehead atoms. The van der Waals surface area contributed by atoms with Crippen LogP contribution < -0.4 is 5.32 Å². The van der Waals surface area contributed by atoms with Gasteiger partial charge < -0.3 is 14.8 Å². The van der Waals surface area contributed by atoms with E-state index in [0.717, 1.165) is 17.8 Å². The molecule has 0 aliphatic carbocycles. The van der Waals surface area contributed by atoms with Gasteiger partial charge in [-0.2, -0.15) is 0 Å². The monoisotopic (exact) mass is 274 g/mol. The fourth-order valence-electron chi connectivity index (χ4n) is 1.31. The molecule has 0 fully saturated rings. The maximum atomic E-state index is 10.5. The van der Waals surface area contributed by atoms with Crippen molar-refractivity contribution in [3.05, 3.63) is 27.1 Å². The van der Waals surface area contributed by atoms with Gasteiger partial charge in [0.2, 0.25) is 0 Å². The molecule has 18 heavy (non-hydrogen) atoms. The molecule has 0 radical (unpaired) electrons. The second-order valence-electron chi connectivity index (χ2n) is 3.63. The zero-order valence-electron chi connectivity index (χ0n) is 10.4. The van der Waals surface area contributed by atoms with Crippen molar-refractivity contribution in [1.82, 2.24) is 5.32 Å². The third kappa shape index (κ3) is 6.06.